The molecular weight excluding hydrogens is 399 g/mol. The van der Waals surface area contributed by atoms with Crippen LogP contribution in [0.4, 0.5) is 0 Å². The Bertz CT molecular complexity index is 449. The average Bonchev–Trinajstić information content (AvgIpc) is 2.86. The lowest BCUT2D eigenvalue weighted by atomic mass is 10.2. The lowest BCUT2D eigenvalue weighted by Gasteiger charge is -2.21. The number of hydrogen-bond acceptors (Lipinski definition) is 2. The van der Waals surface area contributed by atoms with Crippen molar-refractivity contribution in [2.24, 2.45) is 4.99 Å². The molecule has 1 aliphatic heterocycles. The van der Waals surface area contributed by atoms with E-state index < -0.39 is 0 Å². The summed E-state index contributed by atoms with van der Waals surface area (Å²) in [5.41, 5.74) is 1.19. The third-order valence-electron chi connectivity index (χ3n) is 3.77. The molecule has 0 spiro atoms. The van der Waals surface area contributed by atoms with Crippen LogP contribution in [0.25, 0.3) is 0 Å². The van der Waals surface area contributed by atoms with Crippen LogP contribution in [0.15, 0.2) is 29.3 Å². The highest BCUT2D eigenvalue weighted by atomic mass is 127. The average molecular weight is 423 g/mol. The van der Waals surface area contributed by atoms with Crippen molar-refractivity contribution in [3.8, 4) is 0 Å². The molecule has 1 atom stereocenters. The van der Waals surface area contributed by atoms with Crippen molar-refractivity contribution < 1.29 is 0 Å². The van der Waals surface area contributed by atoms with Gasteiger partial charge in [-0.1, -0.05) is 23.7 Å². The first-order valence-electron chi connectivity index (χ1n) is 7.08. The van der Waals surface area contributed by atoms with E-state index in [-0.39, 0.29) is 24.0 Å². The van der Waals surface area contributed by atoms with E-state index in [1.54, 1.807) is 7.05 Å². The summed E-state index contributed by atoms with van der Waals surface area (Å²) in [5.74, 6) is 0.847. The van der Waals surface area contributed by atoms with Crippen molar-refractivity contribution in [2.45, 2.75) is 25.4 Å². The minimum absolute atomic E-state index is 0. The van der Waals surface area contributed by atoms with Gasteiger partial charge >= 0.3 is 0 Å². The number of nitrogens with one attached hydrogen (secondary N) is 2. The van der Waals surface area contributed by atoms with Gasteiger partial charge in [0, 0.05) is 31.2 Å². The van der Waals surface area contributed by atoms with E-state index in [9.17, 15) is 0 Å². The molecule has 1 aliphatic rings. The summed E-state index contributed by atoms with van der Waals surface area (Å²) < 4.78 is 0. The molecule has 2 rings (SSSR count). The predicted molar refractivity (Wildman–Crippen MR) is 101 cm³/mol. The zero-order valence-corrected chi connectivity index (χ0v) is 15.7. The van der Waals surface area contributed by atoms with Crippen LogP contribution < -0.4 is 10.6 Å². The van der Waals surface area contributed by atoms with E-state index in [2.05, 4.69) is 27.6 Å². The van der Waals surface area contributed by atoms with Gasteiger partial charge in [0.05, 0.1) is 0 Å². The number of halogens is 2. The van der Waals surface area contributed by atoms with Gasteiger partial charge in [-0.3, -0.25) is 4.99 Å². The van der Waals surface area contributed by atoms with Gasteiger partial charge in [0.2, 0.25) is 0 Å². The topological polar surface area (TPSA) is 39.7 Å². The van der Waals surface area contributed by atoms with Gasteiger partial charge in [-0.05, 0) is 44.1 Å². The Kier molecular flexibility index (Phi) is 8.36. The molecule has 1 heterocycles. The van der Waals surface area contributed by atoms with E-state index in [4.69, 9.17) is 11.6 Å². The van der Waals surface area contributed by atoms with Gasteiger partial charge in [0.1, 0.15) is 0 Å². The van der Waals surface area contributed by atoms with Gasteiger partial charge in [-0.15, -0.1) is 24.0 Å². The Morgan fingerprint density at radius 2 is 2.05 bits per heavy atom. The summed E-state index contributed by atoms with van der Waals surface area (Å²) >= 11 is 5.88. The molecule has 0 aliphatic carbocycles. The Morgan fingerprint density at radius 3 is 2.62 bits per heavy atom. The molecule has 0 saturated carbocycles. The highest BCUT2D eigenvalue weighted by molar-refractivity contribution is 14.0. The Hall–Kier alpha value is -0.530. The van der Waals surface area contributed by atoms with Crippen LogP contribution in [0.5, 0.6) is 0 Å². The van der Waals surface area contributed by atoms with Crippen LogP contribution in [-0.2, 0) is 6.54 Å². The van der Waals surface area contributed by atoms with Gasteiger partial charge in [0.25, 0.3) is 0 Å². The number of aliphatic imine (C=N–C) groups is 1. The fourth-order valence-electron chi connectivity index (χ4n) is 2.46. The third-order valence-corrected chi connectivity index (χ3v) is 4.03. The molecule has 0 radical (unpaired) electrons. The summed E-state index contributed by atoms with van der Waals surface area (Å²) in [5, 5.41) is 7.48. The van der Waals surface area contributed by atoms with Crippen molar-refractivity contribution in [3.05, 3.63) is 34.9 Å². The fourth-order valence-corrected chi connectivity index (χ4v) is 2.59. The predicted octanol–water partition coefficient (Wildman–Crippen LogP) is 2.72. The van der Waals surface area contributed by atoms with E-state index in [0.29, 0.717) is 6.04 Å². The van der Waals surface area contributed by atoms with Crippen LogP contribution in [0.1, 0.15) is 18.4 Å². The van der Waals surface area contributed by atoms with Crippen molar-refractivity contribution in [2.75, 3.05) is 27.2 Å². The van der Waals surface area contributed by atoms with Crippen LogP contribution in [-0.4, -0.2) is 44.1 Å². The Balaban J connectivity index is 0.00000220. The normalized spacial score (nSPS) is 19.2. The Labute approximate surface area is 149 Å². The number of hydrogen-bond donors (Lipinski definition) is 2. The first-order valence-corrected chi connectivity index (χ1v) is 7.46. The first-order chi connectivity index (χ1) is 9.69. The standard InChI is InChI=1S/C15H23ClN4.HI/c1-17-15(19-11-14-4-3-9-20(14)2)18-10-12-5-7-13(16)8-6-12;/h5-8,14H,3-4,9-11H2,1-2H3,(H2,17,18,19);1H. The molecule has 21 heavy (non-hydrogen) atoms. The smallest absolute Gasteiger partial charge is 0.191 e. The third kappa shape index (κ3) is 6.00. The molecule has 1 aromatic rings. The minimum atomic E-state index is 0. The molecule has 1 saturated heterocycles. The van der Waals surface area contributed by atoms with E-state index in [1.165, 1.54) is 24.9 Å². The lowest BCUT2D eigenvalue weighted by Crippen LogP contribution is -2.43. The Morgan fingerprint density at radius 1 is 1.33 bits per heavy atom. The molecule has 4 nitrogen and oxygen atoms in total. The molecule has 2 N–H and O–H groups in total. The molecule has 1 fully saturated rings. The summed E-state index contributed by atoms with van der Waals surface area (Å²) in [6.45, 7) is 2.89. The molecule has 0 amide bonds. The highest BCUT2D eigenvalue weighted by Crippen LogP contribution is 2.13. The van der Waals surface area contributed by atoms with Gasteiger partial charge in [-0.25, -0.2) is 0 Å². The summed E-state index contributed by atoms with van der Waals surface area (Å²) in [7, 11) is 3.98. The van der Waals surface area contributed by atoms with Crippen LogP contribution in [0, 0.1) is 0 Å². The van der Waals surface area contributed by atoms with Crippen LogP contribution in [0.3, 0.4) is 0 Å². The number of nitrogens with zero attached hydrogens (tertiary/aromatic N) is 2. The van der Waals surface area contributed by atoms with E-state index >= 15 is 0 Å². The SMILES string of the molecule is CN=C(NCc1ccc(Cl)cc1)NCC1CCCN1C.I. The number of likely N-dealkylation sites (tertiary alicyclic amines) is 1. The zero-order valence-electron chi connectivity index (χ0n) is 12.6. The first kappa shape index (κ1) is 18.5. The van der Waals surface area contributed by atoms with Crippen LogP contribution >= 0.6 is 35.6 Å². The van der Waals surface area contributed by atoms with Gasteiger partial charge in [-0.2, -0.15) is 0 Å². The van der Waals surface area contributed by atoms with E-state index in [1.807, 2.05) is 24.3 Å². The fraction of sp³-hybridized carbons (Fsp3) is 0.533. The maximum Gasteiger partial charge on any atom is 0.191 e. The zero-order chi connectivity index (χ0) is 14.4. The molecule has 118 valence electrons. The summed E-state index contributed by atoms with van der Waals surface area (Å²) in [6, 6.07) is 8.47. The monoisotopic (exact) mass is 422 g/mol. The molecular formula is C15H24ClIN4. The number of benzene rings is 1. The molecule has 0 bridgehead atoms. The second-order valence-electron chi connectivity index (χ2n) is 5.21. The summed E-state index contributed by atoms with van der Waals surface area (Å²) in [6.07, 6.45) is 2.55. The molecule has 1 unspecified atom stereocenters. The molecule has 0 aromatic heterocycles. The lowest BCUT2D eigenvalue weighted by molar-refractivity contribution is 0.309. The summed E-state index contributed by atoms with van der Waals surface area (Å²) in [4.78, 5) is 6.66. The van der Waals surface area contributed by atoms with Crippen molar-refractivity contribution >= 4 is 41.5 Å². The van der Waals surface area contributed by atoms with E-state index in [0.717, 1.165) is 24.1 Å². The van der Waals surface area contributed by atoms with Gasteiger partial charge < -0.3 is 15.5 Å². The second kappa shape index (κ2) is 9.48. The maximum absolute atomic E-state index is 5.88. The van der Waals surface area contributed by atoms with Crippen LogP contribution in [0.2, 0.25) is 5.02 Å². The quantitative estimate of drug-likeness (QED) is 0.445. The van der Waals surface area contributed by atoms with Crippen molar-refractivity contribution in [1.29, 1.82) is 0 Å². The van der Waals surface area contributed by atoms with Gasteiger partial charge in [0.15, 0.2) is 5.96 Å². The highest BCUT2D eigenvalue weighted by Gasteiger charge is 2.20. The minimum Gasteiger partial charge on any atom is -0.355 e. The van der Waals surface area contributed by atoms with Crippen molar-refractivity contribution in [1.82, 2.24) is 15.5 Å². The number of rotatable bonds is 4. The second-order valence-corrected chi connectivity index (χ2v) is 5.65. The number of likely N-dealkylation sites (N-methyl/N-ethyl adjacent to an activating group) is 1. The van der Waals surface area contributed by atoms with Crippen molar-refractivity contribution in [3.63, 3.8) is 0 Å². The number of guanidine groups is 1. The molecule has 1 aromatic carbocycles. The molecule has 6 heteroatoms. The maximum atomic E-state index is 5.88. The largest absolute Gasteiger partial charge is 0.355 e.